The van der Waals surface area contributed by atoms with Crippen LogP contribution in [0.5, 0.6) is 11.5 Å². The molecule has 0 amide bonds. The lowest BCUT2D eigenvalue weighted by molar-refractivity contribution is -0.146. The second kappa shape index (κ2) is 11.4. The number of aromatic nitrogens is 5. The fourth-order valence-corrected chi connectivity index (χ4v) is 4.96. The summed E-state index contributed by atoms with van der Waals surface area (Å²) in [5.41, 5.74) is 1.26. The van der Waals surface area contributed by atoms with Crippen LogP contribution < -0.4 is 9.47 Å². The molecule has 0 saturated carbocycles. The molecular weight excluding hydrogens is 567 g/mol. The van der Waals surface area contributed by atoms with E-state index in [9.17, 15) is 18.0 Å². The number of hydrogen-bond donors (Lipinski definition) is 0. The van der Waals surface area contributed by atoms with Crippen LogP contribution in [0, 0.1) is 0 Å². The number of nitrogens with zero attached hydrogens (tertiary/aromatic N) is 5. The van der Waals surface area contributed by atoms with E-state index < -0.39 is 30.2 Å². The van der Waals surface area contributed by atoms with E-state index in [2.05, 4.69) is 15.3 Å². The number of hydrogen-bond acceptors (Lipinski definition) is 8. The van der Waals surface area contributed by atoms with Crippen LogP contribution >= 0.6 is 11.6 Å². The summed E-state index contributed by atoms with van der Waals surface area (Å²) >= 11 is 6.35. The van der Waals surface area contributed by atoms with Crippen LogP contribution in [0.3, 0.4) is 0 Å². The van der Waals surface area contributed by atoms with Gasteiger partial charge < -0.3 is 18.9 Å². The van der Waals surface area contributed by atoms with Crippen LogP contribution in [-0.4, -0.2) is 51.3 Å². The Kier molecular flexibility index (Phi) is 7.91. The van der Waals surface area contributed by atoms with Crippen LogP contribution in [-0.2, 0) is 22.2 Å². The molecule has 14 heteroatoms. The Morgan fingerprint density at radius 3 is 2.63 bits per heavy atom. The van der Waals surface area contributed by atoms with E-state index in [-0.39, 0.29) is 36.6 Å². The molecule has 0 bridgehead atoms. The van der Waals surface area contributed by atoms with Crippen LogP contribution in [0.2, 0.25) is 5.02 Å². The van der Waals surface area contributed by atoms with Crippen LogP contribution in [0.15, 0.2) is 48.8 Å². The summed E-state index contributed by atoms with van der Waals surface area (Å²) < 4.78 is 67.7. The first-order valence-corrected chi connectivity index (χ1v) is 12.9. The smallest absolute Gasteiger partial charge is 0.452 e. The first-order chi connectivity index (χ1) is 19.7. The topological polar surface area (TPSA) is 103 Å². The Balaban J connectivity index is 1.63. The van der Waals surface area contributed by atoms with E-state index in [1.165, 1.54) is 43.4 Å². The molecule has 0 fully saturated rings. The number of alkyl halides is 3. The van der Waals surface area contributed by atoms with Gasteiger partial charge in [0.15, 0.2) is 17.3 Å². The van der Waals surface area contributed by atoms with E-state index in [1.807, 2.05) is 0 Å². The highest BCUT2D eigenvalue weighted by molar-refractivity contribution is 6.30. The van der Waals surface area contributed by atoms with E-state index in [0.29, 0.717) is 27.6 Å². The first kappa shape index (κ1) is 28.4. The van der Waals surface area contributed by atoms with Crippen molar-refractivity contribution in [1.29, 1.82) is 0 Å². The van der Waals surface area contributed by atoms with E-state index in [1.54, 1.807) is 31.2 Å². The minimum Gasteiger partial charge on any atom is -0.493 e. The van der Waals surface area contributed by atoms with E-state index >= 15 is 0 Å². The Bertz CT molecular complexity index is 1570. The van der Waals surface area contributed by atoms with Gasteiger partial charge in [-0.05, 0) is 31.2 Å². The molecule has 0 N–H and O–H groups in total. The van der Waals surface area contributed by atoms with Gasteiger partial charge in [-0.1, -0.05) is 23.7 Å². The lowest BCUT2D eigenvalue weighted by atomic mass is 9.98. The molecule has 41 heavy (non-hydrogen) atoms. The highest BCUT2D eigenvalue weighted by atomic mass is 35.5. The number of carbonyl (C=O) groups excluding carboxylic acids is 1. The molecular formula is C27H25ClF3N5O5. The molecule has 2 aromatic carbocycles. The molecule has 1 aliphatic rings. The Hall–Kier alpha value is -4.10. The fraction of sp³-hybridized carbons (Fsp3) is 0.333. The molecule has 0 saturated heterocycles. The molecule has 3 heterocycles. The predicted octanol–water partition coefficient (Wildman–Crippen LogP) is 5.58. The summed E-state index contributed by atoms with van der Waals surface area (Å²) in [7, 11) is 2.94. The SMILES string of the molecule is CCOC(=O)c1cnn(CCC2O[C@H](c3cccc(OC)c3OC)c3cc(Cl)ccc3-n3c2nnc3C(F)(F)F)c1. The van der Waals surface area contributed by atoms with Gasteiger partial charge in [-0.15, -0.1) is 10.2 Å². The van der Waals surface area contributed by atoms with Gasteiger partial charge in [-0.2, -0.15) is 18.3 Å². The standard InChI is InChI=1S/C27H25ClF3N5O5/c1-4-40-25(37)15-13-32-35(14-15)11-10-21-24-33-34-26(27(29,30)31)36(24)19-9-8-16(28)12-18(19)22(41-21)17-6-5-7-20(38-2)23(17)39-3/h5-9,12-14,21-22H,4,10-11H2,1-3H3/t21?,22-/m1/s1. The van der Waals surface area contributed by atoms with Crippen molar-refractivity contribution >= 4 is 17.6 Å². The molecule has 1 aliphatic heterocycles. The number of halogens is 4. The van der Waals surface area contributed by atoms with Gasteiger partial charge in [0.25, 0.3) is 0 Å². The monoisotopic (exact) mass is 591 g/mol. The molecule has 0 aliphatic carbocycles. The maximum absolute atomic E-state index is 14.2. The number of para-hydroxylation sites is 1. The minimum atomic E-state index is -4.81. The summed E-state index contributed by atoms with van der Waals surface area (Å²) in [6.07, 6.45) is -3.76. The molecule has 2 atom stereocenters. The first-order valence-electron chi connectivity index (χ1n) is 12.5. The number of benzene rings is 2. The second-order valence-electron chi connectivity index (χ2n) is 9.01. The zero-order valence-electron chi connectivity index (χ0n) is 22.2. The minimum absolute atomic E-state index is 0.0527. The van der Waals surface area contributed by atoms with Gasteiger partial charge in [-0.3, -0.25) is 9.25 Å². The van der Waals surface area contributed by atoms with Crippen LogP contribution in [0.1, 0.15) is 58.7 Å². The lowest BCUT2D eigenvalue weighted by Crippen LogP contribution is -2.17. The van der Waals surface area contributed by atoms with Crippen molar-refractivity contribution in [2.45, 2.75) is 38.3 Å². The third kappa shape index (κ3) is 5.46. The molecule has 5 rings (SSSR count). The molecule has 4 aromatic rings. The second-order valence-corrected chi connectivity index (χ2v) is 9.44. The molecule has 216 valence electrons. The van der Waals surface area contributed by atoms with Gasteiger partial charge in [0, 0.05) is 35.3 Å². The van der Waals surface area contributed by atoms with Gasteiger partial charge >= 0.3 is 12.1 Å². The number of methoxy groups -OCH3 is 2. The van der Waals surface area contributed by atoms with Crippen molar-refractivity contribution in [3.05, 3.63) is 82.2 Å². The van der Waals surface area contributed by atoms with Crippen molar-refractivity contribution in [2.75, 3.05) is 20.8 Å². The van der Waals surface area contributed by atoms with Crippen molar-refractivity contribution in [3.8, 4) is 17.2 Å². The lowest BCUT2D eigenvalue weighted by Gasteiger charge is -2.25. The van der Waals surface area contributed by atoms with Crippen LogP contribution in [0.25, 0.3) is 5.69 Å². The summed E-state index contributed by atoms with van der Waals surface area (Å²) in [4.78, 5) is 12.1. The van der Waals surface area contributed by atoms with E-state index in [4.69, 9.17) is 30.5 Å². The number of carbonyl (C=O) groups is 1. The molecule has 1 unspecified atom stereocenters. The van der Waals surface area contributed by atoms with Gasteiger partial charge in [0.05, 0.1) is 38.3 Å². The number of aryl methyl sites for hydroxylation is 1. The third-order valence-corrected chi connectivity index (χ3v) is 6.76. The molecule has 0 spiro atoms. The predicted molar refractivity (Wildman–Crippen MR) is 139 cm³/mol. The maximum Gasteiger partial charge on any atom is 0.452 e. The quantitative estimate of drug-likeness (QED) is 0.245. The summed E-state index contributed by atoms with van der Waals surface area (Å²) in [6, 6.07) is 9.68. The zero-order valence-corrected chi connectivity index (χ0v) is 22.9. The van der Waals surface area contributed by atoms with Crippen molar-refractivity contribution in [3.63, 3.8) is 0 Å². The largest absolute Gasteiger partial charge is 0.493 e. The average molecular weight is 592 g/mol. The highest BCUT2D eigenvalue weighted by Gasteiger charge is 2.43. The summed E-state index contributed by atoms with van der Waals surface area (Å²) in [5.74, 6) is -1.02. The molecule has 0 radical (unpaired) electrons. The Morgan fingerprint density at radius 2 is 1.93 bits per heavy atom. The van der Waals surface area contributed by atoms with Crippen LogP contribution in [0.4, 0.5) is 13.2 Å². The van der Waals surface area contributed by atoms with Gasteiger partial charge in [0.2, 0.25) is 5.82 Å². The third-order valence-electron chi connectivity index (χ3n) is 6.52. The number of fused-ring (bicyclic) bond motifs is 3. The summed E-state index contributed by atoms with van der Waals surface area (Å²) in [6.45, 7) is 2.07. The van der Waals surface area contributed by atoms with Crippen molar-refractivity contribution in [2.24, 2.45) is 0 Å². The Morgan fingerprint density at radius 1 is 1.12 bits per heavy atom. The number of ether oxygens (including phenoxy) is 4. The van der Waals surface area contributed by atoms with E-state index in [0.717, 1.165) is 4.57 Å². The molecule has 2 aromatic heterocycles. The zero-order chi connectivity index (χ0) is 29.3. The van der Waals surface area contributed by atoms with Gasteiger partial charge in [-0.25, -0.2) is 4.79 Å². The number of rotatable bonds is 8. The maximum atomic E-state index is 14.2. The summed E-state index contributed by atoms with van der Waals surface area (Å²) in [5, 5.41) is 11.9. The van der Waals surface area contributed by atoms with Crippen molar-refractivity contribution in [1.82, 2.24) is 24.5 Å². The fourth-order valence-electron chi connectivity index (χ4n) is 4.77. The van der Waals surface area contributed by atoms with Gasteiger partial charge in [0.1, 0.15) is 12.2 Å². The van der Waals surface area contributed by atoms with Crippen molar-refractivity contribution < 1.29 is 36.9 Å². The highest BCUT2D eigenvalue weighted by Crippen LogP contribution is 2.47. The molecule has 10 nitrogen and oxygen atoms in total. The Labute approximate surface area is 237 Å². The normalized spacial score (nSPS) is 16.5. The average Bonchev–Trinajstić information content (AvgIpc) is 3.58. The number of esters is 1.